The highest BCUT2D eigenvalue weighted by Gasteiger charge is 2.14. The predicted molar refractivity (Wildman–Crippen MR) is 90.3 cm³/mol. The number of nitrogens with two attached hydrogens (primary N) is 1. The Kier molecular flexibility index (Phi) is 4.26. The van der Waals surface area contributed by atoms with Crippen LogP contribution in [0.25, 0.3) is 22.2 Å². The molecule has 24 heavy (non-hydrogen) atoms. The fourth-order valence-electron chi connectivity index (χ4n) is 2.52. The van der Waals surface area contributed by atoms with Gasteiger partial charge in [0, 0.05) is 17.1 Å². The Morgan fingerprint density at radius 3 is 2.71 bits per heavy atom. The van der Waals surface area contributed by atoms with Gasteiger partial charge >= 0.3 is 0 Å². The number of nitrogens with zero attached hydrogens (tertiary/aromatic N) is 2. The first-order valence-corrected chi connectivity index (χ1v) is 7.26. The van der Waals surface area contributed by atoms with Gasteiger partial charge in [0.2, 0.25) is 0 Å². The third-order valence-electron chi connectivity index (χ3n) is 3.71. The molecule has 0 saturated carbocycles. The van der Waals surface area contributed by atoms with E-state index < -0.39 is 5.91 Å². The van der Waals surface area contributed by atoms with Crippen LogP contribution in [0.5, 0.6) is 5.75 Å². The minimum Gasteiger partial charge on any atom is -0.497 e. The molecule has 7 nitrogen and oxygen atoms in total. The number of methoxy groups -OCH3 is 1. The van der Waals surface area contributed by atoms with Crippen molar-refractivity contribution in [3.63, 3.8) is 0 Å². The number of benzene rings is 1. The molecular formula is C17H16N4O3. The van der Waals surface area contributed by atoms with Gasteiger partial charge in [-0.3, -0.25) is 19.6 Å². The average Bonchev–Trinajstić information content (AvgIpc) is 2.63. The smallest absolute Gasteiger partial charge is 0.260 e. The van der Waals surface area contributed by atoms with Gasteiger partial charge in [0.1, 0.15) is 17.9 Å². The molecule has 7 heteroatoms. The SMILES string of the molecule is COc1ccc(-c2cc3cccnc3n(CC(=O)NN)c2=O)cc1. The first-order valence-electron chi connectivity index (χ1n) is 7.26. The van der Waals surface area contributed by atoms with Crippen molar-refractivity contribution in [1.82, 2.24) is 15.0 Å². The zero-order valence-electron chi connectivity index (χ0n) is 13.0. The third-order valence-corrected chi connectivity index (χ3v) is 3.71. The van der Waals surface area contributed by atoms with E-state index in [9.17, 15) is 9.59 Å². The fraction of sp³-hybridized carbons (Fsp3) is 0.118. The lowest BCUT2D eigenvalue weighted by atomic mass is 10.1. The molecule has 2 aromatic heterocycles. The summed E-state index contributed by atoms with van der Waals surface area (Å²) >= 11 is 0. The lowest BCUT2D eigenvalue weighted by Crippen LogP contribution is -2.36. The van der Waals surface area contributed by atoms with Crippen molar-refractivity contribution in [3.05, 3.63) is 59.0 Å². The highest BCUT2D eigenvalue weighted by atomic mass is 16.5. The van der Waals surface area contributed by atoms with Crippen LogP contribution in [0.15, 0.2) is 53.5 Å². The van der Waals surface area contributed by atoms with E-state index in [0.717, 1.165) is 10.9 Å². The predicted octanol–water partition coefficient (Wildman–Crippen LogP) is 1.06. The van der Waals surface area contributed by atoms with Crippen LogP contribution >= 0.6 is 0 Å². The summed E-state index contributed by atoms with van der Waals surface area (Å²) in [5.74, 6) is 5.37. The Balaban J connectivity index is 2.22. The molecule has 3 aromatic rings. The first kappa shape index (κ1) is 15.7. The minimum absolute atomic E-state index is 0.202. The zero-order valence-corrected chi connectivity index (χ0v) is 13.0. The van der Waals surface area contributed by atoms with Crippen LogP contribution in [0.1, 0.15) is 0 Å². The molecule has 0 aliphatic heterocycles. The average molecular weight is 324 g/mol. The van der Waals surface area contributed by atoms with Gasteiger partial charge in [0.25, 0.3) is 11.5 Å². The molecule has 2 heterocycles. The van der Waals surface area contributed by atoms with Crippen LogP contribution in [-0.2, 0) is 11.3 Å². The van der Waals surface area contributed by atoms with Gasteiger partial charge in [0.15, 0.2) is 0 Å². The van der Waals surface area contributed by atoms with E-state index in [1.807, 2.05) is 11.5 Å². The van der Waals surface area contributed by atoms with Crippen LogP contribution in [0.3, 0.4) is 0 Å². The number of hydrogen-bond acceptors (Lipinski definition) is 5. The molecule has 0 saturated heterocycles. The molecule has 3 N–H and O–H groups in total. The van der Waals surface area contributed by atoms with E-state index in [1.54, 1.807) is 49.7 Å². The van der Waals surface area contributed by atoms with Crippen molar-refractivity contribution in [2.45, 2.75) is 6.54 Å². The van der Waals surface area contributed by atoms with Crippen molar-refractivity contribution >= 4 is 16.9 Å². The molecule has 0 bridgehead atoms. The summed E-state index contributed by atoms with van der Waals surface area (Å²) in [7, 11) is 1.58. The number of hydrogen-bond donors (Lipinski definition) is 2. The van der Waals surface area contributed by atoms with E-state index in [0.29, 0.717) is 17.0 Å². The summed E-state index contributed by atoms with van der Waals surface area (Å²) in [5.41, 5.74) is 3.37. The minimum atomic E-state index is -0.476. The number of aromatic nitrogens is 2. The molecule has 0 spiro atoms. The summed E-state index contributed by atoms with van der Waals surface area (Å²) in [4.78, 5) is 28.7. The molecule has 0 unspecified atom stereocenters. The van der Waals surface area contributed by atoms with E-state index in [2.05, 4.69) is 4.98 Å². The van der Waals surface area contributed by atoms with Crippen LogP contribution in [0, 0.1) is 0 Å². The molecule has 0 aliphatic rings. The first-order chi connectivity index (χ1) is 11.6. The van der Waals surface area contributed by atoms with Gasteiger partial charge in [0.05, 0.1) is 7.11 Å². The Labute approximate surface area is 137 Å². The van der Waals surface area contributed by atoms with E-state index >= 15 is 0 Å². The summed E-state index contributed by atoms with van der Waals surface area (Å²) in [6.07, 6.45) is 1.58. The largest absolute Gasteiger partial charge is 0.497 e. The standard InChI is InChI=1S/C17H16N4O3/c1-24-13-6-4-11(5-7-13)14-9-12-3-2-8-19-16(12)21(17(14)23)10-15(22)20-18/h2-9H,10,18H2,1H3,(H,20,22). The van der Waals surface area contributed by atoms with Gasteiger partial charge in [-0.15, -0.1) is 0 Å². The maximum Gasteiger partial charge on any atom is 0.260 e. The van der Waals surface area contributed by atoms with Crippen LogP contribution in [0.4, 0.5) is 0 Å². The summed E-state index contributed by atoms with van der Waals surface area (Å²) in [5, 5.41) is 0.757. The number of carbonyl (C=O) groups is 1. The second-order valence-electron chi connectivity index (χ2n) is 5.16. The molecular weight excluding hydrogens is 308 g/mol. The van der Waals surface area contributed by atoms with Crippen LogP contribution in [-0.4, -0.2) is 22.6 Å². The Hall–Kier alpha value is -3.19. The highest BCUT2D eigenvalue weighted by molar-refractivity contribution is 5.83. The zero-order chi connectivity index (χ0) is 17.1. The summed E-state index contributed by atoms with van der Waals surface area (Å²) < 4.78 is 6.45. The van der Waals surface area contributed by atoms with E-state index in [-0.39, 0.29) is 12.1 Å². The molecule has 0 atom stereocenters. The Bertz CT molecular complexity index is 948. The Morgan fingerprint density at radius 2 is 2.04 bits per heavy atom. The monoisotopic (exact) mass is 324 g/mol. The van der Waals surface area contributed by atoms with Crippen molar-refractivity contribution in [1.29, 1.82) is 0 Å². The summed E-state index contributed by atoms with van der Waals surface area (Å²) in [6, 6.07) is 12.5. The van der Waals surface area contributed by atoms with Crippen LogP contribution in [0.2, 0.25) is 0 Å². The fourth-order valence-corrected chi connectivity index (χ4v) is 2.52. The van der Waals surface area contributed by atoms with Gasteiger partial charge in [-0.05, 0) is 35.9 Å². The lowest BCUT2D eigenvalue weighted by Gasteiger charge is -2.12. The molecule has 0 aliphatic carbocycles. The number of nitrogens with one attached hydrogen (secondary N) is 1. The molecule has 122 valence electrons. The number of amides is 1. The normalized spacial score (nSPS) is 10.6. The number of ether oxygens (including phenoxy) is 1. The lowest BCUT2D eigenvalue weighted by molar-refractivity contribution is -0.121. The van der Waals surface area contributed by atoms with Gasteiger partial charge in [-0.25, -0.2) is 10.8 Å². The van der Waals surface area contributed by atoms with Gasteiger partial charge in [-0.1, -0.05) is 12.1 Å². The maximum absolute atomic E-state index is 12.9. The molecule has 1 amide bonds. The second-order valence-corrected chi connectivity index (χ2v) is 5.16. The van der Waals surface area contributed by atoms with E-state index in [1.165, 1.54) is 4.57 Å². The van der Waals surface area contributed by atoms with Crippen LogP contribution < -0.4 is 21.6 Å². The quantitative estimate of drug-likeness (QED) is 0.425. The van der Waals surface area contributed by atoms with Crippen molar-refractivity contribution in [2.75, 3.05) is 7.11 Å². The van der Waals surface area contributed by atoms with Crippen molar-refractivity contribution < 1.29 is 9.53 Å². The topological polar surface area (TPSA) is 99.2 Å². The maximum atomic E-state index is 12.9. The Morgan fingerprint density at radius 1 is 1.29 bits per heavy atom. The van der Waals surface area contributed by atoms with Gasteiger partial charge in [-0.2, -0.15) is 0 Å². The third kappa shape index (κ3) is 2.84. The number of fused-ring (bicyclic) bond motifs is 1. The van der Waals surface area contributed by atoms with Gasteiger partial charge < -0.3 is 4.74 Å². The van der Waals surface area contributed by atoms with Crippen molar-refractivity contribution in [2.24, 2.45) is 5.84 Å². The van der Waals surface area contributed by atoms with E-state index in [4.69, 9.17) is 10.6 Å². The number of pyridine rings is 2. The molecule has 0 radical (unpaired) electrons. The number of hydrazine groups is 1. The number of rotatable bonds is 4. The molecule has 3 rings (SSSR count). The molecule has 1 aromatic carbocycles. The highest BCUT2D eigenvalue weighted by Crippen LogP contribution is 2.22. The second kappa shape index (κ2) is 6.51. The molecule has 0 fully saturated rings. The number of carbonyl (C=O) groups excluding carboxylic acids is 1. The van der Waals surface area contributed by atoms with Crippen molar-refractivity contribution in [3.8, 4) is 16.9 Å². The summed E-state index contributed by atoms with van der Waals surface area (Å²) in [6.45, 7) is -0.202.